The number of rotatable bonds is 4. The van der Waals surface area contributed by atoms with E-state index in [1.54, 1.807) is 6.20 Å². The summed E-state index contributed by atoms with van der Waals surface area (Å²) < 4.78 is 0. The highest BCUT2D eigenvalue weighted by Gasteiger charge is 2.58. The fourth-order valence-electron chi connectivity index (χ4n) is 5.07. The summed E-state index contributed by atoms with van der Waals surface area (Å²) in [7, 11) is 0. The Labute approximate surface area is 155 Å². The lowest BCUT2D eigenvalue weighted by Crippen LogP contribution is -2.60. The SMILES string of the molecule is CC1(C(=O)N2CCN(C(=O)CNc3ccccn3)CC2)CC2(CCC2)C1. The molecule has 1 aromatic rings. The molecule has 1 N–H and O–H groups in total. The Balaban J connectivity index is 1.23. The number of anilines is 1. The molecular formula is C20H28N4O2. The molecule has 6 nitrogen and oxygen atoms in total. The van der Waals surface area contributed by atoms with Crippen LogP contribution in [0.4, 0.5) is 5.82 Å². The fourth-order valence-corrected chi connectivity index (χ4v) is 5.07. The third kappa shape index (κ3) is 3.17. The van der Waals surface area contributed by atoms with Crippen molar-refractivity contribution in [1.82, 2.24) is 14.8 Å². The van der Waals surface area contributed by atoms with Gasteiger partial charge in [-0.15, -0.1) is 0 Å². The van der Waals surface area contributed by atoms with Gasteiger partial charge >= 0.3 is 0 Å². The average molecular weight is 356 g/mol. The number of amides is 2. The van der Waals surface area contributed by atoms with Crippen molar-refractivity contribution in [3.63, 3.8) is 0 Å². The Morgan fingerprint density at radius 3 is 2.38 bits per heavy atom. The minimum atomic E-state index is -0.160. The van der Waals surface area contributed by atoms with Gasteiger partial charge in [-0.3, -0.25) is 9.59 Å². The smallest absolute Gasteiger partial charge is 0.242 e. The number of aromatic nitrogens is 1. The largest absolute Gasteiger partial charge is 0.361 e. The summed E-state index contributed by atoms with van der Waals surface area (Å²) >= 11 is 0. The second-order valence-electron chi connectivity index (χ2n) is 8.51. The van der Waals surface area contributed by atoms with Crippen LogP contribution >= 0.6 is 0 Å². The third-order valence-corrected chi connectivity index (χ3v) is 6.47. The van der Waals surface area contributed by atoms with Crippen LogP contribution in [0, 0.1) is 10.8 Å². The number of nitrogens with one attached hydrogen (secondary N) is 1. The molecule has 0 aromatic carbocycles. The van der Waals surface area contributed by atoms with Gasteiger partial charge in [-0.1, -0.05) is 19.4 Å². The number of piperazine rings is 1. The standard InChI is InChI=1S/C20H28N4O2/c1-19(14-20(15-19)6-4-7-20)18(26)24-11-9-23(10-12-24)17(25)13-22-16-5-2-3-8-21-16/h2-3,5,8H,4,6-7,9-15H2,1H3,(H,21,22). The zero-order valence-electron chi connectivity index (χ0n) is 15.5. The van der Waals surface area contributed by atoms with Gasteiger partial charge in [0.05, 0.1) is 6.54 Å². The highest BCUT2D eigenvalue weighted by atomic mass is 16.2. The molecule has 26 heavy (non-hydrogen) atoms. The summed E-state index contributed by atoms with van der Waals surface area (Å²) in [5.74, 6) is 1.07. The molecule has 0 bridgehead atoms. The van der Waals surface area contributed by atoms with Crippen molar-refractivity contribution in [3.8, 4) is 0 Å². The first-order valence-corrected chi connectivity index (χ1v) is 9.72. The second kappa shape index (κ2) is 6.56. The molecule has 2 amide bonds. The van der Waals surface area contributed by atoms with Crippen LogP contribution in [0.2, 0.25) is 0 Å². The Morgan fingerprint density at radius 2 is 1.81 bits per heavy atom. The van der Waals surface area contributed by atoms with E-state index in [-0.39, 0.29) is 17.9 Å². The van der Waals surface area contributed by atoms with Gasteiger partial charge in [0, 0.05) is 37.8 Å². The highest BCUT2D eigenvalue weighted by Crippen LogP contribution is 2.64. The molecule has 3 fully saturated rings. The molecule has 4 rings (SSSR count). The van der Waals surface area contributed by atoms with Gasteiger partial charge in [0.2, 0.25) is 11.8 Å². The quantitative estimate of drug-likeness (QED) is 0.898. The molecule has 0 atom stereocenters. The fraction of sp³-hybridized carbons (Fsp3) is 0.650. The van der Waals surface area contributed by atoms with Crippen LogP contribution in [0.15, 0.2) is 24.4 Å². The number of carbonyl (C=O) groups is 2. The maximum atomic E-state index is 12.9. The van der Waals surface area contributed by atoms with Crippen molar-refractivity contribution in [2.45, 2.75) is 39.0 Å². The zero-order chi connectivity index (χ0) is 18.2. The van der Waals surface area contributed by atoms with Gasteiger partial charge in [0.25, 0.3) is 0 Å². The minimum absolute atomic E-state index is 0.0611. The number of nitrogens with zero attached hydrogens (tertiary/aromatic N) is 3. The number of carbonyl (C=O) groups excluding carboxylic acids is 2. The van der Waals surface area contributed by atoms with Crippen molar-refractivity contribution in [1.29, 1.82) is 0 Å². The van der Waals surface area contributed by atoms with Crippen molar-refractivity contribution < 1.29 is 9.59 Å². The molecule has 1 spiro atoms. The lowest BCUT2D eigenvalue weighted by atomic mass is 9.45. The van der Waals surface area contributed by atoms with E-state index in [0.717, 1.165) is 12.8 Å². The number of pyridine rings is 1. The summed E-state index contributed by atoms with van der Waals surface area (Å²) in [5.41, 5.74) is 0.340. The van der Waals surface area contributed by atoms with Gasteiger partial charge in [0.15, 0.2) is 0 Å². The van der Waals surface area contributed by atoms with Crippen molar-refractivity contribution in [2.24, 2.45) is 10.8 Å². The Hall–Kier alpha value is -2.11. The lowest BCUT2D eigenvalue weighted by Gasteiger charge is -2.60. The zero-order valence-corrected chi connectivity index (χ0v) is 15.5. The predicted molar refractivity (Wildman–Crippen MR) is 99.5 cm³/mol. The van der Waals surface area contributed by atoms with Gasteiger partial charge in [-0.25, -0.2) is 4.98 Å². The Morgan fingerprint density at radius 1 is 1.12 bits per heavy atom. The maximum Gasteiger partial charge on any atom is 0.242 e. The predicted octanol–water partition coefficient (Wildman–Crippen LogP) is 2.13. The second-order valence-corrected chi connectivity index (χ2v) is 8.51. The molecule has 2 heterocycles. The average Bonchev–Trinajstić information content (AvgIpc) is 2.62. The van der Waals surface area contributed by atoms with Gasteiger partial charge < -0.3 is 15.1 Å². The van der Waals surface area contributed by atoms with E-state index in [9.17, 15) is 9.59 Å². The Bertz CT molecular complexity index is 670. The lowest BCUT2D eigenvalue weighted by molar-refractivity contribution is -0.166. The third-order valence-electron chi connectivity index (χ3n) is 6.47. The number of hydrogen-bond acceptors (Lipinski definition) is 4. The van der Waals surface area contributed by atoms with Crippen LogP contribution in [-0.4, -0.2) is 59.3 Å². The summed E-state index contributed by atoms with van der Waals surface area (Å²) in [6.07, 6.45) is 7.77. The molecule has 1 saturated heterocycles. The monoisotopic (exact) mass is 356 g/mol. The van der Waals surface area contributed by atoms with Crippen molar-refractivity contribution >= 4 is 17.6 Å². The van der Waals surface area contributed by atoms with Crippen LogP contribution in [-0.2, 0) is 9.59 Å². The van der Waals surface area contributed by atoms with Gasteiger partial charge in [-0.05, 0) is 43.2 Å². The first-order valence-electron chi connectivity index (χ1n) is 9.72. The van der Waals surface area contributed by atoms with Crippen LogP contribution < -0.4 is 5.32 Å². The molecule has 6 heteroatoms. The first-order chi connectivity index (χ1) is 12.5. The normalized spacial score (nSPS) is 23.1. The van der Waals surface area contributed by atoms with E-state index >= 15 is 0 Å². The van der Waals surface area contributed by atoms with Crippen LogP contribution in [0.5, 0.6) is 0 Å². The van der Waals surface area contributed by atoms with Crippen LogP contribution in [0.3, 0.4) is 0 Å². The molecule has 1 aromatic heterocycles. The van der Waals surface area contributed by atoms with Gasteiger partial charge in [0.1, 0.15) is 5.82 Å². The molecule has 1 aliphatic heterocycles. The first kappa shape index (κ1) is 17.3. The van der Waals surface area contributed by atoms with Crippen LogP contribution in [0.25, 0.3) is 0 Å². The molecule has 140 valence electrons. The minimum Gasteiger partial charge on any atom is -0.361 e. The molecule has 2 aliphatic carbocycles. The summed E-state index contributed by atoms with van der Waals surface area (Å²) in [6.45, 7) is 4.91. The molecule has 0 unspecified atom stereocenters. The van der Waals surface area contributed by atoms with Gasteiger partial charge in [-0.2, -0.15) is 0 Å². The molecule has 0 radical (unpaired) electrons. The summed E-state index contributed by atoms with van der Waals surface area (Å²) in [5, 5.41) is 3.06. The Kier molecular flexibility index (Phi) is 4.37. The topological polar surface area (TPSA) is 65.5 Å². The van der Waals surface area contributed by atoms with E-state index in [1.165, 1.54) is 19.3 Å². The maximum absolute atomic E-state index is 12.9. The van der Waals surface area contributed by atoms with E-state index in [2.05, 4.69) is 17.2 Å². The molecular weight excluding hydrogens is 328 g/mol. The van der Waals surface area contributed by atoms with E-state index in [1.807, 2.05) is 28.0 Å². The highest BCUT2D eigenvalue weighted by molar-refractivity contribution is 5.84. The van der Waals surface area contributed by atoms with E-state index in [4.69, 9.17) is 0 Å². The summed E-state index contributed by atoms with van der Waals surface area (Å²) in [6, 6.07) is 5.58. The van der Waals surface area contributed by atoms with Crippen molar-refractivity contribution in [3.05, 3.63) is 24.4 Å². The molecule has 2 saturated carbocycles. The number of hydrogen-bond donors (Lipinski definition) is 1. The van der Waals surface area contributed by atoms with Crippen molar-refractivity contribution in [2.75, 3.05) is 38.0 Å². The molecule has 3 aliphatic rings. The van der Waals surface area contributed by atoms with E-state index in [0.29, 0.717) is 43.3 Å². The summed E-state index contributed by atoms with van der Waals surface area (Å²) in [4.78, 5) is 33.3. The van der Waals surface area contributed by atoms with Crippen LogP contribution in [0.1, 0.15) is 39.0 Å². The van der Waals surface area contributed by atoms with E-state index < -0.39 is 0 Å².